The van der Waals surface area contributed by atoms with Crippen LogP contribution in [0.25, 0.3) is 0 Å². The molecule has 124 valence electrons. The Morgan fingerprint density at radius 3 is 2.46 bits per heavy atom. The standard InChI is InChI=1S/C20H25N3O/c1-16-6-11-20-19(14-16)21-22(15-23(20)12-4-3-5-13-23)17-7-9-18(24-2)10-8-17/h6-11,14H,3-5,12-13,15H2,1-2H3/q+2. The van der Waals surface area contributed by atoms with Crippen molar-refractivity contribution >= 4 is 17.1 Å². The van der Waals surface area contributed by atoms with Gasteiger partial charge in [0.05, 0.1) is 20.2 Å². The minimum absolute atomic E-state index is 0.883. The van der Waals surface area contributed by atoms with Gasteiger partial charge in [-0.05, 0) is 54.6 Å². The van der Waals surface area contributed by atoms with Gasteiger partial charge in [-0.1, -0.05) is 6.07 Å². The van der Waals surface area contributed by atoms with Crippen LogP contribution in [-0.4, -0.2) is 31.6 Å². The fourth-order valence-corrected chi connectivity index (χ4v) is 4.00. The van der Waals surface area contributed by atoms with E-state index in [1.54, 1.807) is 7.11 Å². The van der Waals surface area contributed by atoms with E-state index in [-0.39, 0.29) is 0 Å². The molecule has 0 radical (unpaired) electrons. The molecule has 0 unspecified atom stereocenters. The quantitative estimate of drug-likeness (QED) is 0.570. The van der Waals surface area contributed by atoms with Crippen molar-refractivity contribution in [2.24, 2.45) is 5.11 Å². The lowest BCUT2D eigenvalue weighted by atomic mass is 10.0. The molecule has 0 atom stereocenters. The lowest BCUT2D eigenvalue weighted by molar-refractivity contribution is -0.532. The summed E-state index contributed by atoms with van der Waals surface area (Å²) in [5.41, 5.74) is 4.92. The molecule has 2 aliphatic rings. The van der Waals surface area contributed by atoms with Crippen LogP contribution in [0.1, 0.15) is 24.8 Å². The van der Waals surface area contributed by atoms with Gasteiger partial charge in [0.15, 0.2) is 11.4 Å². The Bertz CT molecular complexity index is 774. The van der Waals surface area contributed by atoms with Gasteiger partial charge in [-0.2, -0.15) is 0 Å². The highest BCUT2D eigenvalue weighted by Crippen LogP contribution is 2.41. The summed E-state index contributed by atoms with van der Waals surface area (Å²) in [6, 6.07) is 15.0. The van der Waals surface area contributed by atoms with E-state index in [1.165, 1.54) is 43.6 Å². The minimum Gasteiger partial charge on any atom is -0.497 e. The van der Waals surface area contributed by atoms with Crippen molar-refractivity contribution in [1.29, 1.82) is 0 Å². The molecule has 0 bridgehead atoms. The van der Waals surface area contributed by atoms with Crippen molar-refractivity contribution in [2.75, 3.05) is 26.9 Å². The molecule has 2 heterocycles. The zero-order valence-electron chi connectivity index (χ0n) is 14.5. The van der Waals surface area contributed by atoms with Crippen LogP contribution < -0.4 is 9.22 Å². The average molecular weight is 323 g/mol. The third-order valence-electron chi connectivity index (χ3n) is 5.32. The number of hydrogen-bond donors (Lipinski definition) is 0. The fourth-order valence-electron chi connectivity index (χ4n) is 4.00. The molecular weight excluding hydrogens is 298 g/mol. The molecule has 4 heteroatoms. The van der Waals surface area contributed by atoms with Crippen LogP contribution in [-0.2, 0) is 0 Å². The van der Waals surface area contributed by atoms with E-state index in [4.69, 9.17) is 9.85 Å². The van der Waals surface area contributed by atoms with E-state index in [2.05, 4.69) is 42.0 Å². The number of azo groups is 2. The summed E-state index contributed by atoms with van der Waals surface area (Å²) < 4.78 is 8.49. The molecule has 2 aliphatic heterocycles. The first-order valence-corrected chi connectivity index (χ1v) is 8.81. The molecule has 2 aromatic carbocycles. The summed E-state index contributed by atoms with van der Waals surface area (Å²) in [5, 5.41) is 4.96. The highest BCUT2D eigenvalue weighted by atomic mass is 16.5. The number of benzene rings is 2. The van der Waals surface area contributed by atoms with Gasteiger partial charge < -0.3 is 4.74 Å². The zero-order chi connectivity index (χ0) is 16.6. The first-order chi connectivity index (χ1) is 11.7. The van der Waals surface area contributed by atoms with Gasteiger partial charge in [0, 0.05) is 23.3 Å². The number of methoxy groups -OCH3 is 1. The maximum absolute atomic E-state index is 5.29. The second-order valence-electron chi connectivity index (χ2n) is 6.98. The number of aryl methyl sites for hydroxylation is 1. The van der Waals surface area contributed by atoms with Crippen molar-refractivity contribution in [1.82, 2.24) is 4.48 Å². The number of hydrogen-bond acceptors (Lipinski definition) is 2. The fraction of sp³-hybridized carbons (Fsp3) is 0.400. The maximum Gasteiger partial charge on any atom is 0.306 e. The predicted octanol–water partition coefficient (Wildman–Crippen LogP) is 4.89. The maximum atomic E-state index is 5.29. The van der Waals surface area contributed by atoms with Gasteiger partial charge in [0.1, 0.15) is 5.75 Å². The molecule has 1 spiro atoms. The third-order valence-corrected chi connectivity index (χ3v) is 5.32. The first-order valence-electron chi connectivity index (χ1n) is 8.81. The lowest BCUT2D eigenvalue weighted by Crippen LogP contribution is -2.56. The number of nitrogens with zero attached hydrogens (tertiary/aromatic N) is 3. The van der Waals surface area contributed by atoms with Gasteiger partial charge in [0.2, 0.25) is 5.69 Å². The Balaban J connectivity index is 1.80. The summed E-state index contributed by atoms with van der Waals surface area (Å²) in [5.74, 6) is 0.883. The summed E-state index contributed by atoms with van der Waals surface area (Å²) >= 11 is 0. The molecule has 0 N–H and O–H groups in total. The van der Waals surface area contributed by atoms with Crippen LogP contribution in [0, 0.1) is 6.92 Å². The van der Waals surface area contributed by atoms with E-state index in [9.17, 15) is 0 Å². The van der Waals surface area contributed by atoms with Gasteiger partial charge in [-0.3, -0.25) is 0 Å². The summed E-state index contributed by atoms with van der Waals surface area (Å²) in [6.07, 6.45) is 3.94. The summed E-state index contributed by atoms with van der Waals surface area (Å²) in [4.78, 5) is 0. The molecule has 0 amide bonds. The van der Waals surface area contributed by atoms with Crippen LogP contribution in [0.2, 0.25) is 0 Å². The second kappa shape index (κ2) is 6.02. The Morgan fingerprint density at radius 2 is 1.75 bits per heavy atom. The normalized spacial score (nSPS) is 18.8. The van der Waals surface area contributed by atoms with Crippen LogP contribution in [0.4, 0.5) is 17.1 Å². The van der Waals surface area contributed by atoms with Gasteiger partial charge in [0.25, 0.3) is 0 Å². The first kappa shape index (κ1) is 15.3. The Morgan fingerprint density at radius 1 is 1.00 bits per heavy atom. The number of ether oxygens (including phenoxy) is 1. The molecule has 0 aromatic heterocycles. The van der Waals surface area contributed by atoms with E-state index < -0.39 is 0 Å². The van der Waals surface area contributed by atoms with Crippen molar-refractivity contribution in [3.63, 3.8) is 0 Å². The van der Waals surface area contributed by atoms with E-state index in [0.29, 0.717) is 0 Å². The topological polar surface area (TPSA) is 24.6 Å². The van der Waals surface area contributed by atoms with Crippen molar-refractivity contribution in [3.8, 4) is 5.75 Å². The molecule has 1 saturated heterocycles. The number of quaternary nitrogens is 1. The molecule has 0 saturated carbocycles. The van der Waals surface area contributed by atoms with Crippen LogP contribution in [0.3, 0.4) is 0 Å². The third kappa shape index (κ3) is 2.61. The van der Waals surface area contributed by atoms with Gasteiger partial charge in [-0.25, -0.2) is 4.48 Å². The van der Waals surface area contributed by atoms with Crippen molar-refractivity contribution in [3.05, 3.63) is 48.0 Å². The molecule has 1 fully saturated rings. The number of rotatable bonds is 2. The number of fused-ring (bicyclic) bond motifs is 2. The largest absolute Gasteiger partial charge is 0.497 e. The van der Waals surface area contributed by atoms with Crippen LogP contribution in [0.15, 0.2) is 47.6 Å². The molecule has 4 rings (SSSR count). The zero-order valence-corrected chi connectivity index (χ0v) is 14.5. The highest BCUT2D eigenvalue weighted by molar-refractivity contribution is 5.66. The SMILES string of the molecule is COc1ccc([N+]2=Nc3cc(C)ccc3[N+]3(CCCCC3)C2)cc1. The second-order valence-corrected chi connectivity index (χ2v) is 6.98. The molecule has 24 heavy (non-hydrogen) atoms. The predicted molar refractivity (Wildman–Crippen MR) is 96.4 cm³/mol. The highest BCUT2D eigenvalue weighted by Gasteiger charge is 2.43. The van der Waals surface area contributed by atoms with E-state index >= 15 is 0 Å². The molecular formula is C20H25N3O+2. The Hall–Kier alpha value is -2.20. The van der Waals surface area contributed by atoms with Gasteiger partial charge in [-0.15, -0.1) is 0 Å². The van der Waals surface area contributed by atoms with Crippen LogP contribution >= 0.6 is 0 Å². The Kier molecular flexibility index (Phi) is 3.85. The molecule has 4 nitrogen and oxygen atoms in total. The Labute approximate surface area is 143 Å². The average Bonchev–Trinajstić information content (AvgIpc) is 2.62. The van der Waals surface area contributed by atoms with E-state index in [1.807, 2.05) is 12.1 Å². The van der Waals surface area contributed by atoms with Crippen LogP contribution in [0.5, 0.6) is 5.75 Å². The summed E-state index contributed by atoms with van der Waals surface area (Å²) in [6.45, 7) is 5.47. The minimum atomic E-state index is 0.883. The smallest absolute Gasteiger partial charge is 0.306 e. The number of piperidine rings is 1. The monoisotopic (exact) mass is 323 g/mol. The molecule has 2 aromatic rings. The van der Waals surface area contributed by atoms with E-state index in [0.717, 1.165) is 28.3 Å². The lowest BCUT2D eigenvalue weighted by Gasteiger charge is -2.39. The van der Waals surface area contributed by atoms with Gasteiger partial charge >= 0.3 is 6.67 Å². The van der Waals surface area contributed by atoms with Crippen molar-refractivity contribution in [2.45, 2.75) is 26.2 Å². The molecule has 0 aliphatic carbocycles. The summed E-state index contributed by atoms with van der Waals surface area (Å²) in [7, 11) is 1.70. The van der Waals surface area contributed by atoms with Crippen molar-refractivity contribution < 1.29 is 9.43 Å².